The maximum atomic E-state index is 8.64. The van der Waals surface area contributed by atoms with E-state index in [1.54, 1.807) is 18.2 Å². The summed E-state index contributed by atoms with van der Waals surface area (Å²) in [5.41, 5.74) is 5.11. The van der Waals surface area contributed by atoms with Gasteiger partial charge in [0.05, 0.1) is 17.3 Å². The topological polar surface area (TPSA) is 45.0 Å². The van der Waals surface area contributed by atoms with E-state index in [2.05, 4.69) is 17.5 Å². The third-order valence-electron chi connectivity index (χ3n) is 1.69. The first kappa shape index (κ1) is 10.1. The van der Waals surface area contributed by atoms with Crippen molar-refractivity contribution < 1.29 is 4.84 Å². The highest BCUT2D eigenvalue weighted by atomic mass is 16.6. The molecule has 0 unspecified atom stereocenters. The average molecular weight is 186 g/mol. The van der Waals surface area contributed by atoms with Gasteiger partial charge in [-0.3, -0.25) is 10.3 Å². The summed E-state index contributed by atoms with van der Waals surface area (Å²) in [5.74, 6) is 2.34. The Morgan fingerprint density at radius 3 is 2.93 bits per heavy atom. The lowest BCUT2D eigenvalue weighted by atomic mass is 10.1. The lowest BCUT2D eigenvalue weighted by Crippen LogP contribution is -2.02. The zero-order valence-corrected chi connectivity index (χ0v) is 7.87. The summed E-state index contributed by atoms with van der Waals surface area (Å²) in [6, 6.07) is 7.34. The maximum Gasteiger partial charge on any atom is 0.135 e. The Bertz CT molecular complexity index is 399. The molecule has 0 aromatic heterocycles. The van der Waals surface area contributed by atoms with E-state index in [0.717, 1.165) is 11.3 Å². The number of nitrogens with one attached hydrogen (secondary N) is 1. The first-order valence-corrected chi connectivity index (χ1v) is 4.10. The summed E-state index contributed by atoms with van der Waals surface area (Å²) in [4.78, 5) is 4.95. The van der Waals surface area contributed by atoms with E-state index in [0.29, 0.717) is 5.56 Å². The Morgan fingerprint density at radius 2 is 2.36 bits per heavy atom. The van der Waals surface area contributed by atoms with Crippen molar-refractivity contribution in [3.05, 3.63) is 29.3 Å². The zero-order chi connectivity index (χ0) is 10.4. The van der Waals surface area contributed by atoms with Crippen LogP contribution in [0.1, 0.15) is 11.1 Å². The molecule has 0 amide bonds. The van der Waals surface area contributed by atoms with Crippen molar-refractivity contribution in [1.29, 1.82) is 5.26 Å². The van der Waals surface area contributed by atoms with Crippen molar-refractivity contribution in [2.75, 3.05) is 12.1 Å². The monoisotopic (exact) mass is 186 g/mol. The van der Waals surface area contributed by atoms with Crippen molar-refractivity contribution >= 4 is 5.69 Å². The Hall–Kier alpha value is -1.97. The predicted octanol–water partition coefficient (Wildman–Crippen LogP) is 1.84. The number of hydrogen-bond donors (Lipinski definition) is 1. The summed E-state index contributed by atoms with van der Waals surface area (Å²) in [5, 5.41) is 8.64. The molecule has 0 aliphatic carbocycles. The molecule has 0 bridgehead atoms. The second-order valence-corrected chi connectivity index (χ2v) is 2.74. The molecule has 1 rings (SSSR count). The van der Waals surface area contributed by atoms with Gasteiger partial charge in [0.1, 0.15) is 6.61 Å². The fourth-order valence-electron chi connectivity index (χ4n) is 1.00. The van der Waals surface area contributed by atoms with Crippen molar-refractivity contribution in [2.45, 2.75) is 6.92 Å². The smallest absolute Gasteiger partial charge is 0.135 e. The average Bonchev–Trinajstić information content (AvgIpc) is 2.20. The van der Waals surface area contributed by atoms with Crippen LogP contribution in [0, 0.1) is 30.6 Å². The highest BCUT2D eigenvalue weighted by Crippen LogP contribution is 2.15. The van der Waals surface area contributed by atoms with Crippen LogP contribution in [0.3, 0.4) is 0 Å². The lowest BCUT2D eigenvalue weighted by molar-refractivity contribution is 0.234. The molecule has 0 radical (unpaired) electrons. The van der Waals surface area contributed by atoms with Gasteiger partial charge < -0.3 is 0 Å². The third-order valence-corrected chi connectivity index (χ3v) is 1.69. The second-order valence-electron chi connectivity index (χ2n) is 2.74. The van der Waals surface area contributed by atoms with E-state index in [-0.39, 0.29) is 6.61 Å². The fraction of sp³-hybridized carbons (Fsp3) is 0.182. The minimum absolute atomic E-state index is 0.208. The van der Waals surface area contributed by atoms with Gasteiger partial charge in [0.15, 0.2) is 0 Å². The SMILES string of the molecule is C#CCONc1ccc(C#N)cc1C. The van der Waals surface area contributed by atoms with Gasteiger partial charge in [-0.15, -0.1) is 6.42 Å². The standard InChI is InChI=1S/C11H10N2O/c1-3-6-14-13-11-5-4-10(8-12)7-9(11)2/h1,4-5,7,13H,6H2,2H3. The molecule has 1 N–H and O–H groups in total. The van der Waals surface area contributed by atoms with Crippen molar-refractivity contribution in [2.24, 2.45) is 0 Å². The normalized spacial score (nSPS) is 8.79. The molecule has 1 aromatic rings. The molecule has 70 valence electrons. The van der Waals surface area contributed by atoms with Crippen LogP contribution < -0.4 is 5.48 Å². The molecule has 1 aromatic carbocycles. The summed E-state index contributed by atoms with van der Waals surface area (Å²) >= 11 is 0. The first-order valence-electron chi connectivity index (χ1n) is 4.10. The Morgan fingerprint density at radius 1 is 1.57 bits per heavy atom. The molecular weight excluding hydrogens is 176 g/mol. The third kappa shape index (κ3) is 2.52. The van der Waals surface area contributed by atoms with Crippen LogP contribution in [-0.4, -0.2) is 6.61 Å². The quantitative estimate of drug-likeness (QED) is 0.445. The largest absolute Gasteiger partial charge is 0.266 e. The summed E-state index contributed by atoms with van der Waals surface area (Å²) in [7, 11) is 0. The van der Waals surface area contributed by atoms with Crippen LogP contribution in [-0.2, 0) is 4.84 Å². The van der Waals surface area contributed by atoms with Crippen LogP contribution in [0.15, 0.2) is 18.2 Å². The number of anilines is 1. The minimum atomic E-state index is 0.208. The number of rotatable bonds is 3. The van der Waals surface area contributed by atoms with Crippen LogP contribution in [0.2, 0.25) is 0 Å². The van der Waals surface area contributed by atoms with E-state index < -0.39 is 0 Å². The Kier molecular flexibility index (Phi) is 3.55. The van der Waals surface area contributed by atoms with E-state index in [4.69, 9.17) is 16.5 Å². The van der Waals surface area contributed by atoms with Gasteiger partial charge in [0, 0.05) is 0 Å². The molecule has 0 saturated carbocycles. The molecular formula is C11H10N2O. The van der Waals surface area contributed by atoms with Crippen LogP contribution in [0.4, 0.5) is 5.69 Å². The highest BCUT2D eigenvalue weighted by molar-refractivity contribution is 5.52. The highest BCUT2D eigenvalue weighted by Gasteiger charge is 1.98. The van der Waals surface area contributed by atoms with Gasteiger partial charge in [-0.1, -0.05) is 5.92 Å². The maximum absolute atomic E-state index is 8.64. The molecule has 0 spiro atoms. The van der Waals surface area contributed by atoms with E-state index >= 15 is 0 Å². The second kappa shape index (κ2) is 4.91. The number of nitriles is 1. The van der Waals surface area contributed by atoms with Gasteiger partial charge >= 0.3 is 0 Å². The molecule has 0 aliphatic heterocycles. The van der Waals surface area contributed by atoms with Gasteiger partial charge in [0.25, 0.3) is 0 Å². The summed E-state index contributed by atoms with van der Waals surface area (Å²) in [6.45, 7) is 2.10. The van der Waals surface area contributed by atoms with Crippen molar-refractivity contribution in [3.8, 4) is 18.4 Å². The molecule has 3 heteroatoms. The molecule has 0 heterocycles. The number of hydrogen-bond acceptors (Lipinski definition) is 3. The zero-order valence-electron chi connectivity index (χ0n) is 7.87. The van der Waals surface area contributed by atoms with E-state index in [9.17, 15) is 0 Å². The molecule has 0 atom stereocenters. The van der Waals surface area contributed by atoms with Crippen molar-refractivity contribution in [1.82, 2.24) is 0 Å². The van der Waals surface area contributed by atoms with Crippen LogP contribution in [0.25, 0.3) is 0 Å². The first-order chi connectivity index (χ1) is 6.77. The van der Waals surface area contributed by atoms with E-state index in [1.165, 1.54) is 0 Å². The summed E-state index contributed by atoms with van der Waals surface area (Å²) < 4.78 is 0. The Labute approximate surface area is 83.3 Å². The molecule has 14 heavy (non-hydrogen) atoms. The van der Waals surface area contributed by atoms with E-state index in [1.807, 2.05) is 6.92 Å². The number of terminal acetylenes is 1. The fourth-order valence-corrected chi connectivity index (χ4v) is 1.00. The molecule has 0 aliphatic rings. The van der Waals surface area contributed by atoms with Crippen molar-refractivity contribution in [3.63, 3.8) is 0 Å². The molecule has 3 nitrogen and oxygen atoms in total. The van der Waals surface area contributed by atoms with Gasteiger partial charge in [-0.25, -0.2) is 0 Å². The Balaban J connectivity index is 2.71. The van der Waals surface area contributed by atoms with Gasteiger partial charge in [-0.05, 0) is 30.7 Å². The molecule has 0 saturated heterocycles. The summed E-state index contributed by atoms with van der Waals surface area (Å²) in [6.07, 6.45) is 5.02. The number of nitrogens with zero attached hydrogens (tertiary/aromatic N) is 1. The number of aryl methyl sites for hydroxylation is 1. The molecule has 0 fully saturated rings. The van der Waals surface area contributed by atoms with Crippen LogP contribution >= 0.6 is 0 Å². The van der Waals surface area contributed by atoms with Gasteiger partial charge in [0.2, 0.25) is 0 Å². The lowest BCUT2D eigenvalue weighted by Gasteiger charge is -2.07. The van der Waals surface area contributed by atoms with Crippen LogP contribution in [0.5, 0.6) is 0 Å². The van der Waals surface area contributed by atoms with Gasteiger partial charge in [-0.2, -0.15) is 5.26 Å². The number of benzene rings is 1. The predicted molar refractivity (Wildman–Crippen MR) is 54.3 cm³/mol. The minimum Gasteiger partial charge on any atom is -0.266 e.